The van der Waals surface area contributed by atoms with Crippen molar-refractivity contribution in [3.05, 3.63) is 33.8 Å². The van der Waals surface area contributed by atoms with Gasteiger partial charge in [0.15, 0.2) is 5.82 Å². The summed E-state index contributed by atoms with van der Waals surface area (Å²) in [4.78, 5) is 15.3. The first-order valence-corrected chi connectivity index (χ1v) is 11.3. The number of aliphatic imine (C=N–C) groups is 1. The molecule has 4 heterocycles. The summed E-state index contributed by atoms with van der Waals surface area (Å²) in [6.07, 6.45) is 5.90. The number of nitrogens with zero attached hydrogens (tertiary/aromatic N) is 2. The van der Waals surface area contributed by atoms with Gasteiger partial charge in [-0.1, -0.05) is 13.8 Å². The number of aromatic amines is 1. The molecule has 1 saturated heterocycles. The number of pyridine rings is 1. The van der Waals surface area contributed by atoms with Gasteiger partial charge in [0.1, 0.15) is 4.83 Å². The molecule has 5 nitrogen and oxygen atoms in total. The van der Waals surface area contributed by atoms with Crippen molar-refractivity contribution in [1.82, 2.24) is 15.3 Å². The topological polar surface area (TPSA) is 79.1 Å². The average Bonchev–Trinajstić information content (AvgIpc) is 3.12. The maximum absolute atomic E-state index is 5.44. The molecule has 5 rings (SSSR count). The third-order valence-electron chi connectivity index (χ3n) is 6.80. The summed E-state index contributed by atoms with van der Waals surface area (Å²) in [5.74, 6) is 1.85. The molecule has 0 unspecified atom stereocenters. The average molecular weight is 408 g/mol. The molecule has 1 spiro atoms. The lowest BCUT2D eigenvalue weighted by Gasteiger charge is -2.54. The first-order chi connectivity index (χ1) is 13.9. The maximum atomic E-state index is 5.44. The molecular formula is C23H29N5S. The number of aromatic nitrogens is 2. The second kappa shape index (κ2) is 6.67. The molecule has 2 aliphatic rings. The number of hydrogen-bond donors (Lipinski definition) is 3. The minimum Gasteiger partial charge on any atom is -0.390 e. The highest BCUT2D eigenvalue weighted by Gasteiger charge is 2.49. The molecule has 6 heteroatoms. The van der Waals surface area contributed by atoms with E-state index in [-0.39, 0.29) is 0 Å². The van der Waals surface area contributed by atoms with E-state index < -0.39 is 0 Å². The highest BCUT2D eigenvalue weighted by Crippen LogP contribution is 2.56. The van der Waals surface area contributed by atoms with E-state index >= 15 is 0 Å². The Labute approximate surface area is 175 Å². The lowest BCUT2D eigenvalue weighted by molar-refractivity contribution is 0.0374. The fourth-order valence-corrected chi connectivity index (χ4v) is 6.62. The van der Waals surface area contributed by atoms with Gasteiger partial charge in [0.25, 0.3) is 0 Å². The Balaban J connectivity index is 1.57. The molecule has 2 fully saturated rings. The smallest absolute Gasteiger partial charge is 0.156 e. The SMILES string of the molecule is Cc1cc(-c2[nH]c3sc(C4CC5(CNC5)C4)c(C)c3c2C(C)C)cnc1N=CN. The van der Waals surface area contributed by atoms with E-state index in [1.807, 2.05) is 24.5 Å². The number of nitrogens with two attached hydrogens (primary N) is 1. The number of aryl methyl sites for hydroxylation is 2. The Bertz CT molecular complexity index is 1110. The molecular weight excluding hydrogens is 378 g/mol. The van der Waals surface area contributed by atoms with E-state index in [4.69, 9.17) is 5.73 Å². The summed E-state index contributed by atoms with van der Waals surface area (Å²) >= 11 is 1.97. The molecule has 1 aliphatic carbocycles. The van der Waals surface area contributed by atoms with Crippen LogP contribution in [-0.4, -0.2) is 29.4 Å². The monoisotopic (exact) mass is 407 g/mol. The van der Waals surface area contributed by atoms with Gasteiger partial charge in [-0.25, -0.2) is 9.98 Å². The van der Waals surface area contributed by atoms with E-state index in [0.717, 1.165) is 17.0 Å². The first-order valence-electron chi connectivity index (χ1n) is 10.5. The summed E-state index contributed by atoms with van der Waals surface area (Å²) in [5.41, 5.74) is 12.3. The molecule has 0 aromatic carbocycles. The Morgan fingerprint density at radius 3 is 2.66 bits per heavy atom. The van der Waals surface area contributed by atoms with Crippen LogP contribution in [0.4, 0.5) is 5.82 Å². The molecule has 3 aromatic heterocycles. The Hall–Kier alpha value is -2.18. The van der Waals surface area contributed by atoms with Gasteiger partial charge in [-0.2, -0.15) is 0 Å². The number of rotatable bonds is 4. The number of fused-ring (bicyclic) bond motifs is 1. The van der Waals surface area contributed by atoms with E-state index in [9.17, 15) is 0 Å². The molecule has 3 aromatic rings. The van der Waals surface area contributed by atoms with Crippen LogP contribution in [-0.2, 0) is 0 Å². The van der Waals surface area contributed by atoms with Gasteiger partial charge in [-0.05, 0) is 66.7 Å². The van der Waals surface area contributed by atoms with Gasteiger partial charge in [0.2, 0.25) is 0 Å². The quantitative estimate of drug-likeness (QED) is 0.415. The van der Waals surface area contributed by atoms with Crippen LogP contribution < -0.4 is 11.1 Å². The summed E-state index contributed by atoms with van der Waals surface area (Å²) in [7, 11) is 0. The lowest BCUT2D eigenvalue weighted by Crippen LogP contribution is -2.59. The van der Waals surface area contributed by atoms with Crippen LogP contribution >= 0.6 is 11.3 Å². The number of nitrogens with one attached hydrogen (secondary N) is 2. The summed E-state index contributed by atoms with van der Waals surface area (Å²) in [6.45, 7) is 11.4. The van der Waals surface area contributed by atoms with Crippen LogP contribution in [0.3, 0.4) is 0 Å². The predicted molar refractivity (Wildman–Crippen MR) is 123 cm³/mol. The van der Waals surface area contributed by atoms with E-state index in [1.54, 1.807) is 4.88 Å². The van der Waals surface area contributed by atoms with Crippen molar-refractivity contribution in [2.75, 3.05) is 13.1 Å². The third kappa shape index (κ3) is 2.84. The van der Waals surface area contributed by atoms with Gasteiger partial charge in [0, 0.05) is 35.1 Å². The summed E-state index contributed by atoms with van der Waals surface area (Å²) < 4.78 is 0. The molecule has 29 heavy (non-hydrogen) atoms. The number of thiophene rings is 1. The molecule has 0 atom stereocenters. The number of hydrogen-bond acceptors (Lipinski definition) is 4. The molecule has 1 aliphatic heterocycles. The lowest BCUT2D eigenvalue weighted by atomic mass is 9.58. The van der Waals surface area contributed by atoms with Crippen LogP contribution in [0.1, 0.15) is 60.1 Å². The Morgan fingerprint density at radius 2 is 2.07 bits per heavy atom. The van der Waals surface area contributed by atoms with Crippen LogP contribution in [0.15, 0.2) is 17.3 Å². The summed E-state index contributed by atoms with van der Waals surface area (Å²) in [6, 6.07) is 2.16. The van der Waals surface area contributed by atoms with Gasteiger partial charge < -0.3 is 16.0 Å². The first kappa shape index (κ1) is 18.8. The minimum atomic E-state index is 0.436. The fourth-order valence-electron chi connectivity index (χ4n) is 5.29. The largest absolute Gasteiger partial charge is 0.390 e. The van der Waals surface area contributed by atoms with E-state index in [2.05, 4.69) is 47.1 Å². The van der Waals surface area contributed by atoms with Crippen molar-refractivity contribution in [3.8, 4) is 11.3 Å². The Morgan fingerprint density at radius 1 is 1.31 bits per heavy atom. The van der Waals surface area contributed by atoms with Crippen LogP contribution in [0.5, 0.6) is 0 Å². The van der Waals surface area contributed by atoms with Crippen molar-refractivity contribution >= 4 is 33.7 Å². The highest BCUT2D eigenvalue weighted by molar-refractivity contribution is 7.19. The van der Waals surface area contributed by atoms with Gasteiger partial charge >= 0.3 is 0 Å². The maximum Gasteiger partial charge on any atom is 0.156 e. The zero-order valence-electron chi connectivity index (χ0n) is 17.6. The fraction of sp³-hybridized carbons (Fsp3) is 0.478. The van der Waals surface area contributed by atoms with Crippen LogP contribution in [0.2, 0.25) is 0 Å². The Kier molecular flexibility index (Phi) is 4.33. The molecule has 152 valence electrons. The molecule has 4 N–H and O–H groups in total. The highest BCUT2D eigenvalue weighted by atomic mass is 32.1. The predicted octanol–water partition coefficient (Wildman–Crippen LogP) is 5.12. The zero-order valence-corrected chi connectivity index (χ0v) is 18.4. The van der Waals surface area contributed by atoms with Gasteiger partial charge in [-0.15, -0.1) is 11.3 Å². The van der Waals surface area contributed by atoms with Crippen LogP contribution in [0, 0.1) is 19.3 Å². The van der Waals surface area contributed by atoms with Crippen molar-refractivity contribution in [2.45, 2.75) is 52.4 Å². The number of H-pyrrole nitrogens is 1. The molecule has 0 bridgehead atoms. The normalized spacial score (nSPS) is 18.8. The van der Waals surface area contributed by atoms with Crippen LogP contribution in [0.25, 0.3) is 21.5 Å². The minimum absolute atomic E-state index is 0.436. The zero-order chi connectivity index (χ0) is 20.3. The second-order valence-electron chi connectivity index (χ2n) is 9.22. The second-order valence-corrected chi connectivity index (χ2v) is 10.3. The standard InChI is InChI=1S/C23H29N5S/c1-12(2)17-18-14(4)20(16-6-23(7-16)9-25-10-23)29-22(18)28-19(17)15-5-13(3)21(26-8-15)27-11-24/h5,8,11-12,16,25,28H,6-7,9-10H2,1-4H3,(H2,24,26,27). The molecule has 0 radical (unpaired) electrons. The third-order valence-corrected chi connectivity index (χ3v) is 8.17. The van der Waals surface area contributed by atoms with Gasteiger partial charge in [0.05, 0.1) is 12.0 Å². The summed E-state index contributed by atoms with van der Waals surface area (Å²) in [5, 5.41) is 4.89. The van der Waals surface area contributed by atoms with Gasteiger partial charge in [-0.3, -0.25) is 0 Å². The van der Waals surface area contributed by atoms with Crippen molar-refractivity contribution in [2.24, 2.45) is 16.1 Å². The van der Waals surface area contributed by atoms with E-state index in [0.29, 0.717) is 17.2 Å². The molecule has 0 amide bonds. The van der Waals surface area contributed by atoms with Crippen molar-refractivity contribution in [1.29, 1.82) is 0 Å². The molecule has 1 saturated carbocycles. The van der Waals surface area contributed by atoms with Crippen molar-refractivity contribution < 1.29 is 0 Å². The van der Waals surface area contributed by atoms with Crippen molar-refractivity contribution in [3.63, 3.8) is 0 Å². The van der Waals surface area contributed by atoms with E-state index in [1.165, 1.54) is 59.3 Å².